The van der Waals surface area contributed by atoms with Crippen LogP contribution in [0.2, 0.25) is 0 Å². The van der Waals surface area contributed by atoms with Crippen LogP contribution in [-0.4, -0.2) is 11.9 Å². The summed E-state index contributed by atoms with van der Waals surface area (Å²) in [5.74, 6) is 2.44. The van der Waals surface area contributed by atoms with Gasteiger partial charge in [0.25, 0.3) is 0 Å². The summed E-state index contributed by atoms with van der Waals surface area (Å²) in [5.41, 5.74) is 0. The van der Waals surface area contributed by atoms with Crippen LogP contribution in [0.15, 0.2) is 12.2 Å². The fourth-order valence-electron chi connectivity index (χ4n) is 3.24. The molecular weight excluding hydrogens is 150 g/mol. The summed E-state index contributed by atoms with van der Waals surface area (Å²) in [6.45, 7) is 0. The topological polar surface area (TPSA) is 29.1 Å². The lowest BCUT2D eigenvalue weighted by Gasteiger charge is -2.31. The van der Waals surface area contributed by atoms with Crippen molar-refractivity contribution in [2.45, 2.75) is 25.3 Å². The summed E-state index contributed by atoms with van der Waals surface area (Å²) < 4.78 is 0. The molecule has 1 amide bonds. The largest absolute Gasteiger partial charge is 0.349 e. The Morgan fingerprint density at radius 2 is 2.17 bits per heavy atom. The predicted octanol–water partition coefficient (Wildman–Crippen LogP) is 1.09. The second-order valence-electron chi connectivity index (χ2n) is 4.30. The monoisotopic (exact) mass is 163 g/mol. The Balaban J connectivity index is 1.94. The van der Waals surface area contributed by atoms with Crippen molar-refractivity contribution < 1.29 is 4.79 Å². The van der Waals surface area contributed by atoms with Crippen molar-refractivity contribution in [1.82, 2.24) is 5.32 Å². The lowest BCUT2D eigenvalue weighted by atomic mass is 9.82. The number of fused-ring (bicyclic) bond motifs is 5. The molecule has 4 unspecified atom stereocenters. The molecule has 4 atom stereocenters. The van der Waals surface area contributed by atoms with Gasteiger partial charge < -0.3 is 5.32 Å². The quantitative estimate of drug-likeness (QED) is 0.569. The van der Waals surface area contributed by atoms with Crippen LogP contribution in [-0.2, 0) is 4.79 Å². The fraction of sp³-hybridized carbons (Fsp3) is 0.700. The maximum absolute atomic E-state index is 11.1. The Labute approximate surface area is 72.0 Å². The molecule has 0 radical (unpaired) electrons. The zero-order valence-electron chi connectivity index (χ0n) is 6.99. The summed E-state index contributed by atoms with van der Waals surface area (Å²) in [7, 11) is 0. The maximum atomic E-state index is 11.1. The molecule has 1 heterocycles. The molecule has 0 spiro atoms. The van der Waals surface area contributed by atoms with Gasteiger partial charge in [-0.15, -0.1) is 0 Å². The van der Waals surface area contributed by atoms with Crippen LogP contribution in [0.4, 0.5) is 0 Å². The zero-order valence-corrected chi connectivity index (χ0v) is 6.99. The van der Waals surface area contributed by atoms with Crippen molar-refractivity contribution in [2.24, 2.45) is 17.8 Å². The molecule has 0 saturated heterocycles. The maximum Gasteiger partial charge on any atom is 0.243 e. The van der Waals surface area contributed by atoms with E-state index in [1.165, 1.54) is 19.3 Å². The first-order valence-corrected chi connectivity index (χ1v) is 4.83. The number of hydrogen-bond donors (Lipinski definition) is 1. The average molecular weight is 163 g/mol. The van der Waals surface area contributed by atoms with Crippen molar-refractivity contribution in [3.63, 3.8) is 0 Å². The molecule has 2 fully saturated rings. The number of amides is 1. The summed E-state index contributed by atoms with van der Waals surface area (Å²) >= 11 is 0. The molecule has 1 aliphatic heterocycles. The number of carbonyl (C=O) groups is 1. The molecule has 0 aromatic carbocycles. The molecule has 2 saturated carbocycles. The van der Waals surface area contributed by atoms with Crippen LogP contribution in [0.1, 0.15) is 19.3 Å². The summed E-state index contributed by atoms with van der Waals surface area (Å²) in [6, 6.07) is 0.487. The SMILES string of the molecule is O=C1C=CC2C3CCC(C3)C2N1. The van der Waals surface area contributed by atoms with E-state index in [0.29, 0.717) is 12.0 Å². The van der Waals surface area contributed by atoms with Crippen molar-refractivity contribution in [3.8, 4) is 0 Å². The van der Waals surface area contributed by atoms with E-state index in [1.807, 2.05) is 0 Å². The van der Waals surface area contributed by atoms with Gasteiger partial charge >= 0.3 is 0 Å². The van der Waals surface area contributed by atoms with Crippen LogP contribution >= 0.6 is 0 Å². The highest BCUT2D eigenvalue weighted by Gasteiger charge is 2.47. The molecule has 2 bridgehead atoms. The molecule has 0 aromatic rings. The first-order chi connectivity index (χ1) is 5.84. The molecule has 0 aromatic heterocycles. The van der Waals surface area contributed by atoms with E-state index in [9.17, 15) is 4.79 Å². The van der Waals surface area contributed by atoms with Crippen molar-refractivity contribution in [3.05, 3.63) is 12.2 Å². The minimum Gasteiger partial charge on any atom is -0.349 e. The number of carbonyl (C=O) groups excluding carboxylic acids is 1. The molecule has 64 valence electrons. The molecule has 2 nitrogen and oxygen atoms in total. The summed E-state index contributed by atoms with van der Waals surface area (Å²) in [4.78, 5) is 11.1. The lowest BCUT2D eigenvalue weighted by molar-refractivity contribution is -0.118. The molecule has 3 rings (SSSR count). The van der Waals surface area contributed by atoms with Crippen LogP contribution in [0.25, 0.3) is 0 Å². The standard InChI is InChI=1S/C10H13NO/c12-9-4-3-8-6-1-2-7(5-6)10(8)11-9/h3-4,6-8,10H,1-2,5H2,(H,11,12). The van der Waals surface area contributed by atoms with Gasteiger partial charge in [0.1, 0.15) is 0 Å². The molecular formula is C10H13NO. The average Bonchev–Trinajstić information content (AvgIpc) is 2.63. The van der Waals surface area contributed by atoms with Gasteiger partial charge in [0.15, 0.2) is 0 Å². The highest BCUT2D eigenvalue weighted by molar-refractivity contribution is 5.88. The van der Waals surface area contributed by atoms with Crippen LogP contribution in [0.5, 0.6) is 0 Å². The first kappa shape index (κ1) is 6.70. The van der Waals surface area contributed by atoms with Crippen LogP contribution < -0.4 is 5.32 Å². The summed E-state index contributed by atoms with van der Waals surface area (Å²) in [6.07, 6.45) is 7.90. The number of nitrogens with one attached hydrogen (secondary N) is 1. The Bertz CT molecular complexity index is 259. The minimum atomic E-state index is 0.115. The highest BCUT2D eigenvalue weighted by Crippen LogP contribution is 2.49. The molecule has 12 heavy (non-hydrogen) atoms. The molecule has 2 aliphatic carbocycles. The van der Waals surface area contributed by atoms with Crippen molar-refractivity contribution in [1.29, 1.82) is 0 Å². The predicted molar refractivity (Wildman–Crippen MR) is 45.4 cm³/mol. The zero-order chi connectivity index (χ0) is 8.13. The van der Waals surface area contributed by atoms with Crippen LogP contribution in [0, 0.1) is 17.8 Å². The van der Waals surface area contributed by atoms with Crippen LogP contribution in [0.3, 0.4) is 0 Å². The van der Waals surface area contributed by atoms with E-state index in [2.05, 4.69) is 11.4 Å². The van der Waals surface area contributed by atoms with Gasteiger partial charge in [-0.25, -0.2) is 0 Å². The van der Waals surface area contributed by atoms with E-state index >= 15 is 0 Å². The van der Waals surface area contributed by atoms with E-state index < -0.39 is 0 Å². The van der Waals surface area contributed by atoms with Gasteiger partial charge in [0, 0.05) is 12.0 Å². The Morgan fingerprint density at radius 1 is 1.33 bits per heavy atom. The third-order valence-electron chi connectivity index (χ3n) is 3.76. The second-order valence-corrected chi connectivity index (χ2v) is 4.30. The molecule has 2 heteroatoms. The Hall–Kier alpha value is -0.790. The minimum absolute atomic E-state index is 0.115. The van der Waals surface area contributed by atoms with Crippen molar-refractivity contribution >= 4 is 5.91 Å². The number of hydrogen-bond acceptors (Lipinski definition) is 1. The Kier molecular flexibility index (Phi) is 1.18. The summed E-state index contributed by atoms with van der Waals surface area (Å²) in [5, 5.41) is 3.08. The van der Waals surface area contributed by atoms with Gasteiger partial charge in [0.05, 0.1) is 0 Å². The van der Waals surface area contributed by atoms with Gasteiger partial charge in [-0.2, -0.15) is 0 Å². The number of rotatable bonds is 0. The van der Waals surface area contributed by atoms with E-state index in [1.54, 1.807) is 6.08 Å². The fourth-order valence-corrected chi connectivity index (χ4v) is 3.24. The lowest BCUT2D eigenvalue weighted by Crippen LogP contribution is -2.45. The van der Waals surface area contributed by atoms with Gasteiger partial charge in [-0.3, -0.25) is 4.79 Å². The van der Waals surface area contributed by atoms with E-state index in [-0.39, 0.29) is 5.91 Å². The second kappa shape index (κ2) is 2.12. The highest BCUT2D eigenvalue weighted by atomic mass is 16.1. The van der Waals surface area contributed by atoms with Gasteiger partial charge in [-0.1, -0.05) is 6.08 Å². The first-order valence-electron chi connectivity index (χ1n) is 4.83. The normalized spacial score (nSPS) is 49.2. The third-order valence-corrected chi connectivity index (χ3v) is 3.76. The van der Waals surface area contributed by atoms with Gasteiger partial charge in [0.2, 0.25) is 5.91 Å². The molecule has 3 aliphatic rings. The van der Waals surface area contributed by atoms with Crippen molar-refractivity contribution in [2.75, 3.05) is 0 Å². The van der Waals surface area contributed by atoms with Gasteiger partial charge in [-0.05, 0) is 37.2 Å². The van der Waals surface area contributed by atoms with E-state index in [0.717, 1.165) is 11.8 Å². The smallest absolute Gasteiger partial charge is 0.243 e. The Morgan fingerprint density at radius 3 is 3.08 bits per heavy atom. The molecule has 1 N–H and O–H groups in total. The third kappa shape index (κ3) is 0.728. The van der Waals surface area contributed by atoms with E-state index in [4.69, 9.17) is 0 Å².